The molecule has 1 heterocycles. The van der Waals surface area contributed by atoms with Crippen molar-refractivity contribution < 1.29 is 9.53 Å². The highest BCUT2D eigenvalue weighted by Gasteiger charge is 2.26. The van der Waals surface area contributed by atoms with Crippen molar-refractivity contribution in [2.75, 3.05) is 26.2 Å². The summed E-state index contributed by atoms with van der Waals surface area (Å²) in [5.74, 6) is 0.493. The van der Waals surface area contributed by atoms with Crippen LogP contribution in [0.5, 0.6) is 0 Å². The van der Waals surface area contributed by atoms with Crippen molar-refractivity contribution >= 4 is 5.91 Å². The molecule has 0 aliphatic carbocycles. The molecule has 2 rings (SSSR count). The molecule has 4 nitrogen and oxygen atoms in total. The van der Waals surface area contributed by atoms with Gasteiger partial charge in [-0.2, -0.15) is 0 Å². The molecule has 110 valence electrons. The molecule has 1 amide bonds. The van der Waals surface area contributed by atoms with Crippen LogP contribution < -0.4 is 5.73 Å². The van der Waals surface area contributed by atoms with Gasteiger partial charge in [0.2, 0.25) is 5.91 Å². The topological polar surface area (TPSA) is 55.6 Å². The van der Waals surface area contributed by atoms with Gasteiger partial charge in [-0.1, -0.05) is 43.7 Å². The van der Waals surface area contributed by atoms with E-state index in [1.54, 1.807) is 0 Å². The first-order chi connectivity index (χ1) is 9.74. The second-order valence-electron chi connectivity index (χ2n) is 5.32. The van der Waals surface area contributed by atoms with Crippen LogP contribution >= 0.6 is 0 Å². The maximum Gasteiger partial charge on any atom is 0.223 e. The van der Waals surface area contributed by atoms with Crippen LogP contribution in [0.2, 0.25) is 0 Å². The molecule has 0 radical (unpaired) electrons. The maximum absolute atomic E-state index is 12.3. The molecule has 4 heteroatoms. The molecule has 1 aliphatic rings. The van der Waals surface area contributed by atoms with Crippen molar-refractivity contribution in [3.05, 3.63) is 35.9 Å². The molecule has 2 unspecified atom stereocenters. The van der Waals surface area contributed by atoms with Gasteiger partial charge in [0.15, 0.2) is 0 Å². The summed E-state index contributed by atoms with van der Waals surface area (Å²) in [6.45, 7) is 4.59. The number of benzene rings is 1. The summed E-state index contributed by atoms with van der Waals surface area (Å²) in [5, 5.41) is 0. The zero-order valence-corrected chi connectivity index (χ0v) is 12.1. The van der Waals surface area contributed by atoms with E-state index in [2.05, 4.69) is 6.92 Å². The van der Waals surface area contributed by atoms with Crippen molar-refractivity contribution in [3.63, 3.8) is 0 Å². The summed E-state index contributed by atoms with van der Waals surface area (Å²) in [7, 11) is 0. The van der Waals surface area contributed by atoms with Crippen molar-refractivity contribution in [2.24, 2.45) is 11.7 Å². The molecule has 1 aliphatic heterocycles. The van der Waals surface area contributed by atoms with Gasteiger partial charge >= 0.3 is 0 Å². The van der Waals surface area contributed by atoms with Gasteiger partial charge < -0.3 is 15.4 Å². The third kappa shape index (κ3) is 3.81. The average Bonchev–Trinajstić information content (AvgIpc) is 2.53. The van der Waals surface area contributed by atoms with Crippen LogP contribution in [0.1, 0.15) is 31.4 Å². The van der Waals surface area contributed by atoms with Crippen LogP contribution in [0.25, 0.3) is 0 Å². The number of nitrogens with zero attached hydrogens (tertiary/aromatic N) is 1. The molecule has 0 bridgehead atoms. The summed E-state index contributed by atoms with van der Waals surface area (Å²) in [6, 6.07) is 10.1. The second kappa shape index (κ2) is 7.41. The van der Waals surface area contributed by atoms with Crippen molar-refractivity contribution in [1.82, 2.24) is 4.90 Å². The number of carbonyl (C=O) groups is 1. The van der Waals surface area contributed by atoms with E-state index in [1.165, 1.54) is 0 Å². The van der Waals surface area contributed by atoms with E-state index in [4.69, 9.17) is 10.5 Å². The van der Waals surface area contributed by atoms with E-state index >= 15 is 0 Å². The monoisotopic (exact) mass is 276 g/mol. The standard InChI is InChI=1S/C16H24N2O2/c1-2-13(11-17)10-16(19)18-8-9-20-15(12-18)14-6-4-3-5-7-14/h3-7,13,15H,2,8-12,17H2,1H3. The Morgan fingerprint density at radius 1 is 1.45 bits per heavy atom. The Kier molecular flexibility index (Phi) is 5.56. The Bertz CT molecular complexity index is 418. The van der Waals surface area contributed by atoms with Gasteiger partial charge in [0, 0.05) is 13.0 Å². The zero-order chi connectivity index (χ0) is 14.4. The summed E-state index contributed by atoms with van der Waals surface area (Å²) < 4.78 is 5.78. The first-order valence-electron chi connectivity index (χ1n) is 7.39. The molecule has 0 spiro atoms. The Hall–Kier alpha value is -1.39. The van der Waals surface area contributed by atoms with Gasteiger partial charge in [0.05, 0.1) is 13.2 Å². The van der Waals surface area contributed by atoms with Gasteiger partial charge in [-0.3, -0.25) is 4.79 Å². The first-order valence-corrected chi connectivity index (χ1v) is 7.39. The highest BCUT2D eigenvalue weighted by atomic mass is 16.5. The summed E-state index contributed by atoms with van der Waals surface area (Å²) in [4.78, 5) is 14.2. The van der Waals surface area contributed by atoms with Crippen LogP contribution in [0.4, 0.5) is 0 Å². The molecule has 0 saturated carbocycles. The average molecular weight is 276 g/mol. The van der Waals surface area contributed by atoms with Crippen molar-refractivity contribution in [3.8, 4) is 0 Å². The van der Waals surface area contributed by atoms with Crippen LogP contribution in [0, 0.1) is 5.92 Å². The number of hydrogen-bond acceptors (Lipinski definition) is 3. The normalized spacial score (nSPS) is 20.7. The predicted octanol–water partition coefficient (Wildman–Crippen LogP) is 1.96. The molecule has 2 N–H and O–H groups in total. The number of morpholine rings is 1. The van der Waals surface area contributed by atoms with Crippen LogP contribution in [-0.4, -0.2) is 37.0 Å². The fourth-order valence-corrected chi connectivity index (χ4v) is 2.52. The molecule has 1 aromatic rings. The quantitative estimate of drug-likeness (QED) is 0.894. The molecular formula is C16H24N2O2. The zero-order valence-electron chi connectivity index (χ0n) is 12.1. The third-order valence-electron chi connectivity index (χ3n) is 3.96. The minimum absolute atomic E-state index is 0.00754. The lowest BCUT2D eigenvalue weighted by atomic mass is 10.0. The molecule has 2 atom stereocenters. The van der Waals surface area contributed by atoms with Crippen LogP contribution in [-0.2, 0) is 9.53 Å². The molecule has 1 aromatic carbocycles. The fourth-order valence-electron chi connectivity index (χ4n) is 2.52. The van der Waals surface area contributed by atoms with Gasteiger partial charge in [-0.05, 0) is 18.0 Å². The van der Waals surface area contributed by atoms with Crippen LogP contribution in [0.3, 0.4) is 0 Å². The Morgan fingerprint density at radius 3 is 2.85 bits per heavy atom. The number of amides is 1. The lowest BCUT2D eigenvalue weighted by molar-refractivity contribution is -0.140. The molecule has 0 aromatic heterocycles. The summed E-state index contributed by atoms with van der Waals surface area (Å²) in [6.07, 6.45) is 1.50. The smallest absolute Gasteiger partial charge is 0.223 e. The Labute approximate surface area is 120 Å². The molecule has 1 fully saturated rings. The van der Waals surface area contributed by atoms with Crippen molar-refractivity contribution in [2.45, 2.75) is 25.9 Å². The highest BCUT2D eigenvalue weighted by Crippen LogP contribution is 2.23. The lowest BCUT2D eigenvalue weighted by Gasteiger charge is -2.34. The number of nitrogens with two attached hydrogens (primary N) is 1. The van der Waals surface area contributed by atoms with Gasteiger partial charge in [0.1, 0.15) is 6.10 Å². The molecular weight excluding hydrogens is 252 g/mol. The van der Waals surface area contributed by atoms with E-state index in [-0.39, 0.29) is 12.0 Å². The first kappa shape index (κ1) is 15.0. The number of carbonyl (C=O) groups excluding carboxylic acids is 1. The number of rotatable bonds is 5. The SMILES string of the molecule is CCC(CN)CC(=O)N1CCOC(c2ccccc2)C1. The van der Waals surface area contributed by atoms with Gasteiger partial charge in [-0.15, -0.1) is 0 Å². The predicted molar refractivity (Wildman–Crippen MR) is 79.2 cm³/mol. The number of hydrogen-bond donors (Lipinski definition) is 1. The van der Waals surface area contributed by atoms with E-state index < -0.39 is 0 Å². The lowest BCUT2D eigenvalue weighted by Crippen LogP contribution is -2.43. The largest absolute Gasteiger partial charge is 0.370 e. The minimum Gasteiger partial charge on any atom is -0.370 e. The molecule has 20 heavy (non-hydrogen) atoms. The van der Waals surface area contributed by atoms with Crippen LogP contribution in [0.15, 0.2) is 30.3 Å². The van der Waals surface area contributed by atoms with E-state index in [0.717, 1.165) is 12.0 Å². The Morgan fingerprint density at radius 2 is 2.20 bits per heavy atom. The Balaban J connectivity index is 1.95. The third-order valence-corrected chi connectivity index (χ3v) is 3.96. The van der Waals surface area contributed by atoms with Gasteiger partial charge in [-0.25, -0.2) is 0 Å². The van der Waals surface area contributed by atoms with Gasteiger partial charge in [0.25, 0.3) is 0 Å². The minimum atomic E-state index is -0.00754. The van der Waals surface area contributed by atoms with E-state index in [0.29, 0.717) is 38.6 Å². The van der Waals surface area contributed by atoms with Crippen molar-refractivity contribution in [1.29, 1.82) is 0 Å². The maximum atomic E-state index is 12.3. The summed E-state index contributed by atoms with van der Waals surface area (Å²) >= 11 is 0. The molecule has 1 saturated heterocycles. The highest BCUT2D eigenvalue weighted by molar-refractivity contribution is 5.76. The van der Waals surface area contributed by atoms with E-state index in [9.17, 15) is 4.79 Å². The summed E-state index contributed by atoms with van der Waals surface area (Å²) in [5.41, 5.74) is 6.82. The second-order valence-corrected chi connectivity index (χ2v) is 5.32. The number of ether oxygens (including phenoxy) is 1. The fraction of sp³-hybridized carbons (Fsp3) is 0.562. The van der Waals surface area contributed by atoms with E-state index in [1.807, 2.05) is 35.2 Å².